The fourth-order valence-corrected chi connectivity index (χ4v) is 1.39. The summed E-state index contributed by atoms with van der Waals surface area (Å²) >= 11 is 0. The van der Waals surface area contributed by atoms with Gasteiger partial charge >= 0.3 is 0 Å². The molecule has 1 rings (SSSR count). The van der Waals surface area contributed by atoms with Crippen LogP contribution in [-0.4, -0.2) is 31.0 Å². The predicted octanol–water partition coefficient (Wildman–Crippen LogP) is 1.58. The Kier molecular flexibility index (Phi) is 13.7. The molecule has 6 heteroatoms. The molecule has 0 aromatic carbocycles. The number of rotatable bonds is 7. The quantitative estimate of drug-likeness (QED) is 0.751. The molecule has 0 spiro atoms. The van der Waals surface area contributed by atoms with E-state index < -0.39 is 0 Å². The zero-order chi connectivity index (χ0) is 11.6. The summed E-state index contributed by atoms with van der Waals surface area (Å²) in [7, 11) is 1.89. The number of hydrogen-bond donors (Lipinski definition) is 2. The molecule has 4 nitrogen and oxygen atoms in total. The van der Waals surface area contributed by atoms with Gasteiger partial charge in [0.1, 0.15) is 0 Å². The number of hydrogen-bond acceptors (Lipinski definition) is 3. The van der Waals surface area contributed by atoms with Gasteiger partial charge in [-0.3, -0.25) is 9.78 Å². The zero-order valence-electron chi connectivity index (χ0n) is 10.5. The molecular formula is C12H21Cl2N3O. The van der Waals surface area contributed by atoms with Crippen molar-refractivity contribution in [2.45, 2.75) is 19.3 Å². The van der Waals surface area contributed by atoms with E-state index in [1.54, 1.807) is 6.20 Å². The summed E-state index contributed by atoms with van der Waals surface area (Å²) < 4.78 is 0. The number of pyridine rings is 1. The maximum absolute atomic E-state index is 11.3. The minimum absolute atomic E-state index is 0. The van der Waals surface area contributed by atoms with Gasteiger partial charge in [-0.2, -0.15) is 0 Å². The normalized spacial score (nSPS) is 8.94. The molecule has 0 bridgehead atoms. The molecule has 0 aliphatic heterocycles. The van der Waals surface area contributed by atoms with Crippen LogP contribution in [0.3, 0.4) is 0 Å². The van der Waals surface area contributed by atoms with E-state index in [9.17, 15) is 4.79 Å². The Bertz CT molecular complexity index is 309. The van der Waals surface area contributed by atoms with E-state index in [1.165, 1.54) is 0 Å². The first-order chi connectivity index (χ1) is 7.83. The minimum Gasteiger partial charge on any atom is -0.356 e. The Labute approximate surface area is 121 Å². The van der Waals surface area contributed by atoms with Crippen LogP contribution in [0.5, 0.6) is 0 Å². The first-order valence-corrected chi connectivity index (χ1v) is 5.64. The summed E-state index contributed by atoms with van der Waals surface area (Å²) in [6.45, 7) is 1.54. The molecule has 104 valence electrons. The topological polar surface area (TPSA) is 54.0 Å². The van der Waals surface area contributed by atoms with Crippen molar-refractivity contribution in [3.8, 4) is 0 Å². The fourth-order valence-electron chi connectivity index (χ4n) is 1.39. The third-order valence-electron chi connectivity index (χ3n) is 2.26. The van der Waals surface area contributed by atoms with Crippen molar-refractivity contribution in [3.63, 3.8) is 0 Å². The highest BCUT2D eigenvalue weighted by molar-refractivity contribution is 5.85. The zero-order valence-corrected chi connectivity index (χ0v) is 12.1. The number of nitrogens with zero attached hydrogens (tertiary/aromatic N) is 1. The van der Waals surface area contributed by atoms with E-state index in [0.29, 0.717) is 13.0 Å². The summed E-state index contributed by atoms with van der Waals surface area (Å²) in [6, 6.07) is 5.81. The van der Waals surface area contributed by atoms with Crippen molar-refractivity contribution in [2.75, 3.05) is 20.1 Å². The first-order valence-electron chi connectivity index (χ1n) is 5.64. The van der Waals surface area contributed by atoms with Gasteiger partial charge in [-0.1, -0.05) is 6.07 Å². The van der Waals surface area contributed by atoms with Gasteiger partial charge in [-0.25, -0.2) is 0 Å². The summed E-state index contributed by atoms with van der Waals surface area (Å²) in [5, 5.41) is 5.90. The van der Waals surface area contributed by atoms with E-state index >= 15 is 0 Å². The molecule has 0 atom stereocenters. The first kappa shape index (κ1) is 19.5. The Morgan fingerprint density at radius 2 is 2.06 bits per heavy atom. The predicted molar refractivity (Wildman–Crippen MR) is 78.6 cm³/mol. The Morgan fingerprint density at radius 3 is 2.67 bits per heavy atom. The molecule has 0 aliphatic rings. The van der Waals surface area contributed by atoms with Crippen molar-refractivity contribution in [2.24, 2.45) is 0 Å². The highest BCUT2D eigenvalue weighted by atomic mass is 35.5. The summed E-state index contributed by atoms with van der Waals surface area (Å²) in [4.78, 5) is 15.5. The SMILES string of the molecule is CNCCCC(=O)NCCc1ccccn1.Cl.Cl. The van der Waals surface area contributed by atoms with E-state index in [0.717, 1.165) is 25.1 Å². The van der Waals surface area contributed by atoms with Gasteiger partial charge < -0.3 is 10.6 Å². The molecule has 0 saturated heterocycles. The lowest BCUT2D eigenvalue weighted by molar-refractivity contribution is -0.121. The molecule has 0 fully saturated rings. The van der Waals surface area contributed by atoms with Gasteiger partial charge in [0.25, 0.3) is 0 Å². The molecule has 1 heterocycles. The van der Waals surface area contributed by atoms with E-state index in [2.05, 4.69) is 15.6 Å². The van der Waals surface area contributed by atoms with Crippen LogP contribution in [0.4, 0.5) is 0 Å². The van der Waals surface area contributed by atoms with Crippen LogP contribution in [0.2, 0.25) is 0 Å². The van der Waals surface area contributed by atoms with E-state index in [1.807, 2.05) is 25.2 Å². The third-order valence-corrected chi connectivity index (χ3v) is 2.26. The number of halogens is 2. The maximum atomic E-state index is 11.3. The van der Waals surface area contributed by atoms with E-state index in [-0.39, 0.29) is 30.7 Å². The van der Waals surface area contributed by atoms with Crippen molar-refractivity contribution < 1.29 is 4.79 Å². The lowest BCUT2D eigenvalue weighted by Crippen LogP contribution is -2.26. The second kappa shape index (κ2) is 12.6. The molecule has 1 aromatic rings. The molecule has 18 heavy (non-hydrogen) atoms. The maximum Gasteiger partial charge on any atom is 0.220 e. The van der Waals surface area contributed by atoms with E-state index in [4.69, 9.17) is 0 Å². The smallest absolute Gasteiger partial charge is 0.220 e. The standard InChI is InChI=1S/C12H19N3O.2ClH/c1-13-8-4-6-12(16)15-10-7-11-5-2-3-9-14-11;;/h2-3,5,9,13H,4,6-8,10H2,1H3,(H,15,16);2*1H. The van der Waals surface area contributed by atoms with Crippen LogP contribution in [-0.2, 0) is 11.2 Å². The fraction of sp³-hybridized carbons (Fsp3) is 0.500. The van der Waals surface area contributed by atoms with Crippen LogP contribution < -0.4 is 10.6 Å². The summed E-state index contributed by atoms with van der Waals surface area (Å²) in [5.74, 6) is 0.117. The molecule has 0 saturated carbocycles. The molecule has 0 radical (unpaired) electrons. The van der Waals surface area contributed by atoms with Gasteiger partial charge in [0.05, 0.1) is 0 Å². The van der Waals surface area contributed by atoms with Crippen LogP contribution in [0.1, 0.15) is 18.5 Å². The van der Waals surface area contributed by atoms with Crippen molar-refractivity contribution >= 4 is 30.7 Å². The molecular weight excluding hydrogens is 273 g/mol. The highest BCUT2D eigenvalue weighted by Crippen LogP contribution is 1.93. The lowest BCUT2D eigenvalue weighted by Gasteiger charge is -2.04. The number of nitrogens with one attached hydrogen (secondary N) is 2. The van der Waals surface area contributed by atoms with Crippen LogP contribution >= 0.6 is 24.8 Å². The summed E-state index contributed by atoms with van der Waals surface area (Å²) in [5.41, 5.74) is 1.01. The third kappa shape index (κ3) is 9.22. The Hall–Kier alpha value is -0.840. The van der Waals surface area contributed by atoms with Crippen molar-refractivity contribution in [1.29, 1.82) is 0 Å². The number of carbonyl (C=O) groups excluding carboxylic acids is 1. The molecule has 0 aliphatic carbocycles. The number of amides is 1. The molecule has 1 aromatic heterocycles. The largest absolute Gasteiger partial charge is 0.356 e. The average Bonchev–Trinajstić information content (AvgIpc) is 2.31. The Morgan fingerprint density at radius 1 is 1.28 bits per heavy atom. The molecule has 0 unspecified atom stereocenters. The number of aromatic nitrogens is 1. The van der Waals surface area contributed by atoms with Crippen LogP contribution in [0, 0.1) is 0 Å². The highest BCUT2D eigenvalue weighted by Gasteiger charge is 2.00. The Balaban J connectivity index is 0. The molecule has 1 amide bonds. The van der Waals surface area contributed by atoms with Crippen molar-refractivity contribution in [1.82, 2.24) is 15.6 Å². The average molecular weight is 294 g/mol. The number of carbonyl (C=O) groups is 1. The van der Waals surface area contributed by atoms with Gasteiger partial charge in [0.15, 0.2) is 0 Å². The van der Waals surface area contributed by atoms with Gasteiger partial charge in [-0.15, -0.1) is 24.8 Å². The van der Waals surface area contributed by atoms with Crippen LogP contribution in [0.15, 0.2) is 24.4 Å². The van der Waals surface area contributed by atoms with Gasteiger partial charge in [-0.05, 0) is 32.1 Å². The van der Waals surface area contributed by atoms with Crippen molar-refractivity contribution in [3.05, 3.63) is 30.1 Å². The van der Waals surface area contributed by atoms with Gasteiger partial charge in [0.2, 0.25) is 5.91 Å². The lowest BCUT2D eigenvalue weighted by atomic mass is 10.2. The van der Waals surface area contributed by atoms with Crippen LogP contribution in [0.25, 0.3) is 0 Å². The summed E-state index contributed by atoms with van der Waals surface area (Å²) in [6.07, 6.45) is 4.03. The monoisotopic (exact) mass is 293 g/mol. The minimum atomic E-state index is 0. The second-order valence-corrected chi connectivity index (χ2v) is 3.63. The molecule has 2 N–H and O–H groups in total. The van der Waals surface area contributed by atoms with Gasteiger partial charge in [0, 0.05) is 31.3 Å². The second-order valence-electron chi connectivity index (χ2n) is 3.63.